The Labute approximate surface area is 212 Å². The van der Waals surface area contributed by atoms with Crippen molar-refractivity contribution < 1.29 is 9.47 Å². The highest BCUT2D eigenvalue weighted by atomic mass is 35.5. The second-order valence-electron chi connectivity index (χ2n) is 8.32. The molecule has 0 spiro atoms. The van der Waals surface area contributed by atoms with E-state index in [-0.39, 0.29) is 6.04 Å². The molecule has 1 atom stereocenters. The van der Waals surface area contributed by atoms with Gasteiger partial charge in [-0.25, -0.2) is 4.98 Å². The van der Waals surface area contributed by atoms with Gasteiger partial charge in [-0.3, -0.25) is 0 Å². The molecule has 0 fully saturated rings. The van der Waals surface area contributed by atoms with Crippen LogP contribution in [0.15, 0.2) is 36.4 Å². The minimum absolute atomic E-state index is 0.138. The summed E-state index contributed by atoms with van der Waals surface area (Å²) in [6.07, 6.45) is 9.06. The summed E-state index contributed by atoms with van der Waals surface area (Å²) in [5.74, 6) is 3.63. The molecule has 0 aliphatic carbocycles. The van der Waals surface area contributed by atoms with Crippen LogP contribution < -0.4 is 9.64 Å². The quantitative estimate of drug-likeness (QED) is 0.256. The van der Waals surface area contributed by atoms with E-state index >= 15 is 0 Å². The monoisotopic (exact) mass is 496 g/mol. The molecular formula is C28H33ClN2O2S. The molecule has 0 bridgehead atoms. The lowest BCUT2D eigenvalue weighted by molar-refractivity contribution is 0.185. The highest BCUT2D eigenvalue weighted by molar-refractivity contribution is 7.16. The molecule has 34 heavy (non-hydrogen) atoms. The van der Waals surface area contributed by atoms with Gasteiger partial charge in [0.1, 0.15) is 5.75 Å². The molecule has 0 N–H and O–H groups in total. The Kier molecular flexibility index (Phi) is 9.41. The minimum atomic E-state index is 0.138. The number of unbranched alkanes of at least 4 members (excludes halogenated alkanes) is 1. The number of anilines is 1. The van der Waals surface area contributed by atoms with Crippen LogP contribution in [0.25, 0.3) is 11.3 Å². The van der Waals surface area contributed by atoms with Gasteiger partial charge in [-0.1, -0.05) is 61.6 Å². The molecule has 0 amide bonds. The van der Waals surface area contributed by atoms with Gasteiger partial charge in [-0.15, -0.1) is 17.8 Å². The summed E-state index contributed by atoms with van der Waals surface area (Å²) >= 11 is 8.39. The molecule has 0 saturated heterocycles. The number of terminal acetylenes is 1. The van der Waals surface area contributed by atoms with Crippen molar-refractivity contribution in [3.05, 3.63) is 63.0 Å². The first-order valence-corrected chi connectivity index (χ1v) is 12.7. The predicted octanol–water partition coefficient (Wildman–Crippen LogP) is 7.61. The molecule has 3 rings (SSSR count). The number of thiazole rings is 1. The number of hydrogen-bond acceptors (Lipinski definition) is 5. The zero-order chi connectivity index (χ0) is 24.7. The van der Waals surface area contributed by atoms with Crippen LogP contribution in [0.5, 0.6) is 5.75 Å². The van der Waals surface area contributed by atoms with E-state index in [2.05, 4.69) is 48.9 Å². The molecular weight excluding hydrogens is 464 g/mol. The standard InChI is InChI=1S/C28H33ClN2O2S/c1-7-9-10-24(22-13-11-21(12-14-22)18-32-5)31(17-8-2)28-30-27(20(4)34-28)23-15-16-25(33-6)19(3)26(23)29/h2,11-16,24H,7,9-10,17-18H2,1,3-6H3/t24-/m0/s1. The van der Waals surface area contributed by atoms with E-state index in [0.29, 0.717) is 18.2 Å². The Hall–Kier alpha value is -2.52. The fraction of sp³-hybridized carbons (Fsp3) is 0.393. The van der Waals surface area contributed by atoms with Crippen LogP contribution in [-0.2, 0) is 11.3 Å². The van der Waals surface area contributed by atoms with Crippen molar-refractivity contribution in [3.8, 4) is 29.4 Å². The van der Waals surface area contributed by atoms with E-state index in [9.17, 15) is 0 Å². The van der Waals surface area contributed by atoms with Gasteiger partial charge in [0, 0.05) is 23.1 Å². The topological polar surface area (TPSA) is 34.6 Å². The van der Waals surface area contributed by atoms with Crippen LogP contribution in [0.1, 0.15) is 53.8 Å². The molecule has 4 nitrogen and oxygen atoms in total. The summed E-state index contributed by atoms with van der Waals surface area (Å²) in [5.41, 5.74) is 5.10. The fourth-order valence-electron chi connectivity index (χ4n) is 4.14. The Morgan fingerprint density at radius 3 is 2.50 bits per heavy atom. The summed E-state index contributed by atoms with van der Waals surface area (Å²) in [6, 6.07) is 12.7. The number of methoxy groups -OCH3 is 2. The summed E-state index contributed by atoms with van der Waals surface area (Å²) in [5, 5.41) is 1.58. The average molecular weight is 497 g/mol. The number of nitrogens with zero attached hydrogens (tertiary/aromatic N) is 2. The average Bonchev–Trinajstić information content (AvgIpc) is 3.22. The van der Waals surface area contributed by atoms with Gasteiger partial charge >= 0.3 is 0 Å². The van der Waals surface area contributed by atoms with Crippen LogP contribution in [0.2, 0.25) is 5.02 Å². The zero-order valence-corrected chi connectivity index (χ0v) is 22.2. The first-order chi connectivity index (χ1) is 16.4. The maximum Gasteiger partial charge on any atom is 0.187 e. The van der Waals surface area contributed by atoms with E-state index in [4.69, 9.17) is 32.5 Å². The Morgan fingerprint density at radius 1 is 1.15 bits per heavy atom. The van der Waals surface area contributed by atoms with Crippen LogP contribution in [0.4, 0.5) is 5.13 Å². The van der Waals surface area contributed by atoms with E-state index in [1.165, 1.54) is 5.56 Å². The predicted molar refractivity (Wildman–Crippen MR) is 144 cm³/mol. The molecule has 6 heteroatoms. The third-order valence-corrected chi connectivity index (χ3v) is 7.48. The van der Waals surface area contributed by atoms with Crippen LogP contribution in [0.3, 0.4) is 0 Å². The number of benzene rings is 2. The summed E-state index contributed by atoms with van der Waals surface area (Å²) in [4.78, 5) is 8.42. The number of halogens is 1. The van der Waals surface area contributed by atoms with Crippen LogP contribution >= 0.6 is 22.9 Å². The summed E-state index contributed by atoms with van der Waals surface area (Å²) in [6.45, 7) is 7.35. The second kappa shape index (κ2) is 12.3. The molecule has 0 aliphatic heterocycles. The largest absolute Gasteiger partial charge is 0.496 e. The Morgan fingerprint density at radius 2 is 1.88 bits per heavy atom. The molecule has 2 aromatic carbocycles. The molecule has 1 heterocycles. The van der Waals surface area contributed by atoms with Crippen molar-refractivity contribution in [2.45, 2.75) is 52.7 Å². The lowest BCUT2D eigenvalue weighted by Crippen LogP contribution is -2.29. The minimum Gasteiger partial charge on any atom is -0.496 e. The van der Waals surface area contributed by atoms with Gasteiger partial charge in [0.2, 0.25) is 0 Å². The van der Waals surface area contributed by atoms with Gasteiger partial charge < -0.3 is 14.4 Å². The highest BCUT2D eigenvalue weighted by Crippen LogP contribution is 2.41. The van der Waals surface area contributed by atoms with Crippen molar-refractivity contribution in [3.63, 3.8) is 0 Å². The van der Waals surface area contributed by atoms with E-state index in [0.717, 1.165) is 57.4 Å². The SMILES string of the molecule is C#CCN(c1nc(-c2ccc(OC)c(C)c2Cl)c(C)s1)[C@@H](CCCC)c1ccc(COC)cc1. The second-order valence-corrected chi connectivity index (χ2v) is 9.88. The van der Waals surface area contributed by atoms with E-state index in [1.54, 1.807) is 25.6 Å². The number of ether oxygens (including phenoxy) is 2. The zero-order valence-electron chi connectivity index (χ0n) is 20.7. The molecule has 0 radical (unpaired) electrons. The smallest absolute Gasteiger partial charge is 0.187 e. The van der Waals surface area contributed by atoms with E-state index in [1.807, 2.05) is 19.1 Å². The highest BCUT2D eigenvalue weighted by Gasteiger charge is 2.25. The van der Waals surface area contributed by atoms with Gasteiger partial charge in [0.05, 0.1) is 37.0 Å². The van der Waals surface area contributed by atoms with Crippen molar-refractivity contribution in [1.82, 2.24) is 4.98 Å². The molecule has 0 saturated carbocycles. The molecule has 1 aromatic heterocycles. The first kappa shape index (κ1) is 26.1. The van der Waals surface area contributed by atoms with Crippen molar-refractivity contribution in [2.24, 2.45) is 0 Å². The normalized spacial score (nSPS) is 11.8. The number of aryl methyl sites for hydroxylation is 1. The number of rotatable bonds is 11. The first-order valence-electron chi connectivity index (χ1n) is 11.5. The van der Waals surface area contributed by atoms with Crippen LogP contribution in [0, 0.1) is 26.2 Å². The van der Waals surface area contributed by atoms with Crippen molar-refractivity contribution >= 4 is 28.1 Å². The Bertz CT molecular complexity index is 1130. The lowest BCUT2D eigenvalue weighted by atomic mass is 9.98. The molecule has 3 aromatic rings. The maximum atomic E-state index is 6.73. The maximum absolute atomic E-state index is 6.73. The van der Waals surface area contributed by atoms with Gasteiger partial charge in [-0.05, 0) is 43.5 Å². The van der Waals surface area contributed by atoms with Gasteiger partial charge in [0.15, 0.2) is 5.13 Å². The number of aromatic nitrogens is 1. The molecule has 0 unspecified atom stereocenters. The third-order valence-electron chi connectivity index (χ3n) is 5.99. The number of hydrogen-bond donors (Lipinski definition) is 0. The van der Waals surface area contributed by atoms with Crippen molar-refractivity contribution in [1.29, 1.82) is 0 Å². The van der Waals surface area contributed by atoms with E-state index < -0.39 is 0 Å². The van der Waals surface area contributed by atoms with Crippen molar-refractivity contribution in [2.75, 3.05) is 25.7 Å². The third kappa shape index (κ3) is 5.75. The lowest BCUT2D eigenvalue weighted by Gasteiger charge is -2.30. The summed E-state index contributed by atoms with van der Waals surface area (Å²) < 4.78 is 10.7. The van der Waals surface area contributed by atoms with Crippen LogP contribution in [-0.4, -0.2) is 25.7 Å². The van der Waals surface area contributed by atoms with Gasteiger partial charge in [0.25, 0.3) is 0 Å². The Balaban J connectivity index is 2.03. The fourth-order valence-corrected chi connectivity index (χ4v) is 5.36. The molecule has 180 valence electrons. The molecule has 0 aliphatic rings. The summed E-state index contributed by atoms with van der Waals surface area (Å²) in [7, 11) is 3.37. The van der Waals surface area contributed by atoms with Gasteiger partial charge in [-0.2, -0.15) is 0 Å².